The predicted octanol–water partition coefficient (Wildman–Crippen LogP) is 0.122. The Balaban J connectivity index is 1.62. The third-order valence-corrected chi connectivity index (χ3v) is 3.46. The summed E-state index contributed by atoms with van der Waals surface area (Å²) in [6.07, 6.45) is 8.63. The van der Waals surface area contributed by atoms with Gasteiger partial charge >= 0.3 is 0 Å². The number of nitrogen functional groups attached to an aromatic ring is 1. The number of nitrogens with one attached hydrogen (secondary N) is 1. The average molecular weight is 300 g/mol. The fraction of sp³-hybridized carbons (Fsp3) is 0.400. The van der Waals surface area contributed by atoms with Gasteiger partial charge in [-0.15, -0.1) is 0 Å². The lowest BCUT2D eigenvalue weighted by Gasteiger charge is -2.14. The first-order valence-corrected chi connectivity index (χ1v) is 7.33. The average Bonchev–Trinajstić information content (AvgIpc) is 2.89. The van der Waals surface area contributed by atoms with Crippen LogP contribution in [0.3, 0.4) is 0 Å². The van der Waals surface area contributed by atoms with Gasteiger partial charge in [0.2, 0.25) is 5.95 Å². The van der Waals surface area contributed by atoms with Crippen molar-refractivity contribution in [3.8, 4) is 0 Å². The van der Waals surface area contributed by atoms with Crippen LogP contribution in [0.2, 0.25) is 0 Å². The van der Waals surface area contributed by atoms with Crippen LogP contribution in [0, 0.1) is 0 Å². The summed E-state index contributed by atoms with van der Waals surface area (Å²) in [6, 6.07) is 0. The topological polar surface area (TPSA) is 93.1 Å². The summed E-state index contributed by atoms with van der Waals surface area (Å²) >= 11 is 0. The van der Waals surface area contributed by atoms with Gasteiger partial charge in [0.25, 0.3) is 0 Å². The highest BCUT2D eigenvalue weighted by Crippen LogP contribution is 2.18. The first-order chi connectivity index (χ1) is 10.6. The fourth-order valence-corrected chi connectivity index (χ4v) is 2.32. The highest BCUT2D eigenvalue weighted by molar-refractivity contribution is 5.62. The number of fused-ring (bicyclic) bond motifs is 1. The highest BCUT2D eigenvalue weighted by atomic mass is 16.3. The molecule has 0 saturated heterocycles. The van der Waals surface area contributed by atoms with Gasteiger partial charge < -0.3 is 20.4 Å². The molecule has 0 amide bonds. The van der Waals surface area contributed by atoms with Crippen molar-refractivity contribution in [1.29, 1.82) is 0 Å². The summed E-state index contributed by atoms with van der Waals surface area (Å²) in [5.74, 6) is 1.70. The maximum absolute atomic E-state index is 5.90. The van der Waals surface area contributed by atoms with Crippen LogP contribution in [-0.4, -0.2) is 35.6 Å². The minimum absolute atomic E-state index is 0.457. The lowest BCUT2D eigenvalue weighted by atomic mass is 10.2. The summed E-state index contributed by atoms with van der Waals surface area (Å²) < 4.78 is 5.71. The van der Waals surface area contributed by atoms with E-state index in [9.17, 15) is 0 Å². The van der Waals surface area contributed by atoms with Crippen LogP contribution in [0.1, 0.15) is 18.7 Å². The molecule has 116 valence electrons. The molecule has 0 unspecified atom stereocenters. The zero-order chi connectivity index (χ0) is 15.5. The Morgan fingerprint density at radius 1 is 1.27 bits per heavy atom. The Morgan fingerprint density at radius 3 is 2.82 bits per heavy atom. The van der Waals surface area contributed by atoms with E-state index < -0.39 is 0 Å². The molecule has 2 aromatic heterocycles. The second kappa shape index (κ2) is 6.05. The summed E-state index contributed by atoms with van der Waals surface area (Å²) in [4.78, 5) is 14.8. The number of hydrogen-bond acceptors (Lipinski definition) is 7. The predicted molar refractivity (Wildman–Crippen MR) is 86.9 cm³/mol. The molecule has 3 rings (SSSR count). The number of oxazole rings is 1. The molecule has 0 bridgehead atoms. The molecule has 3 N–H and O–H groups in total. The van der Waals surface area contributed by atoms with Crippen molar-refractivity contribution < 1.29 is 4.42 Å². The van der Waals surface area contributed by atoms with Gasteiger partial charge in [0.05, 0.1) is 11.9 Å². The number of anilines is 3. The largest absolute Gasteiger partial charge is 0.441 e. The van der Waals surface area contributed by atoms with Crippen LogP contribution in [0.25, 0.3) is 12.2 Å². The summed E-state index contributed by atoms with van der Waals surface area (Å²) in [5.41, 5.74) is 7.59. The van der Waals surface area contributed by atoms with Crippen LogP contribution in [-0.2, 0) is 6.42 Å². The van der Waals surface area contributed by atoms with E-state index in [4.69, 9.17) is 10.2 Å². The molecule has 0 radical (unpaired) electrons. The zero-order valence-electron chi connectivity index (χ0n) is 12.8. The number of aromatic nitrogens is 3. The summed E-state index contributed by atoms with van der Waals surface area (Å²) in [6.45, 7) is 0.639. The van der Waals surface area contributed by atoms with Crippen molar-refractivity contribution in [2.24, 2.45) is 0 Å². The lowest BCUT2D eigenvalue weighted by molar-refractivity contribution is 0.470. The lowest BCUT2D eigenvalue weighted by Crippen LogP contribution is -2.23. The smallest absolute Gasteiger partial charge is 0.224 e. The van der Waals surface area contributed by atoms with Crippen molar-refractivity contribution in [3.05, 3.63) is 22.9 Å². The molecule has 0 aliphatic heterocycles. The number of hydrogen-bond donors (Lipinski definition) is 2. The van der Waals surface area contributed by atoms with Gasteiger partial charge in [-0.2, -0.15) is 4.98 Å². The molecule has 0 aromatic carbocycles. The monoisotopic (exact) mass is 300 g/mol. The molecule has 2 heterocycles. The Kier molecular flexibility index (Phi) is 3.95. The Hall–Kier alpha value is -2.57. The number of rotatable bonds is 5. The molecule has 2 aromatic rings. The Morgan fingerprint density at radius 2 is 2.09 bits per heavy atom. The van der Waals surface area contributed by atoms with Crippen molar-refractivity contribution in [2.75, 3.05) is 36.6 Å². The molecule has 0 atom stereocenters. The van der Waals surface area contributed by atoms with Crippen molar-refractivity contribution in [1.82, 2.24) is 15.0 Å². The van der Waals surface area contributed by atoms with Crippen molar-refractivity contribution in [2.45, 2.75) is 19.3 Å². The molecular formula is C15H20N6O. The minimum Gasteiger partial charge on any atom is -0.441 e. The molecular weight excluding hydrogens is 280 g/mol. The van der Waals surface area contributed by atoms with Crippen molar-refractivity contribution >= 4 is 29.6 Å². The van der Waals surface area contributed by atoms with Gasteiger partial charge in [-0.1, -0.05) is 6.08 Å². The third-order valence-electron chi connectivity index (χ3n) is 3.46. The van der Waals surface area contributed by atoms with E-state index in [1.807, 2.05) is 19.0 Å². The van der Waals surface area contributed by atoms with Gasteiger partial charge in [-0.3, -0.25) is 0 Å². The number of nitrogens with two attached hydrogens (primary N) is 1. The van der Waals surface area contributed by atoms with Crippen LogP contribution < -0.4 is 26.7 Å². The normalized spacial score (nSPS) is 13.0. The van der Waals surface area contributed by atoms with E-state index in [0.717, 1.165) is 35.2 Å². The Labute approximate surface area is 128 Å². The maximum Gasteiger partial charge on any atom is 0.224 e. The van der Waals surface area contributed by atoms with Crippen molar-refractivity contribution in [3.63, 3.8) is 0 Å². The van der Waals surface area contributed by atoms with Gasteiger partial charge in [-0.25, -0.2) is 9.97 Å². The molecule has 7 heteroatoms. The maximum atomic E-state index is 5.90. The molecule has 0 spiro atoms. The van der Waals surface area contributed by atoms with E-state index in [0.29, 0.717) is 24.7 Å². The van der Waals surface area contributed by atoms with E-state index in [1.54, 1.807) is 6.20 Å². The molecule has 7 nitrogen and oxygen atoms in total. The SMILES string of the molecule is CN(C)c1cnc(NCCc2nc3c(o2)=CCCC=3)nc1N. The first kappa shape index (κ1) is 14.4. The Bertz CT molecular complexity index is 746. The van der Waals surface area contributed by atoms with E-state index in [-0.39, 0.29) is 0 Å². The zero-order valence-corrected chi connectivity index (χ0v) is 12.8. The summed E-state index contributed by atoms with van der Waals surface area (Å²) in [7, 11) is 3.81. The molecule has 22 heavy (non-hydrogen) atoms. The van der Waals surface area contributed by atoms with Crippen LogP contribution in [0.5, 0.6) is 0 Å². The van der Waals surface area contributed by atoms with Gasteiger partial charge in [0.1, 0.15) is 5.35 Å². The molecule has 1 aliphatic carbocycles. The second-order valence-corrected chi connectivity index (χ2v) is 5.38. The molecule has 1 aliphatic rings. The van der Waals surface area contributed by atoms with E-state index in [2.05, 4.69) is 32.4 Å². The van der Waals surface area contributed by atoms with Crippen LogP contribution in [0.15, 0.2) is 10.6 Å². The second-order valence-electron chi connectivity index (χ2n) is 5.38. The minimum atomic E-state index is 0.457. The first-order valence-electron chi connectivity index (χ1n) is 7.33. The fourth-order valence-electron chi connectivity index (χ4n) is 2.32. The van der Waals surface area contributed by atoms with Crippen LogP contribution in [0.4, 0.5) is 17.5 Å². The molecule has 0 saturated carbocycles. The van der Waals surface area contributed by atoms with Crippen LogP contribution >= 0.6 is 0 Å². The number of nitrogens with zero attached hydrogens (tertiary/aromatic N) is 4. The van der Waals surface area contributed by atoms with Gasteiger partial charge in [0.15, 0.2) is 17.1 Å². The third kappa shape index (κ3) is 3.03. The van der Waals surface area contributed by atoms with Gasteiger partial charge in [-0.05, 0) is 18.9 Å². The standard InChI is InChI=1S/C15H20N6O/c1-21(2)11-9-18-15(20-14(11)16)17-8-7-13-19-10-5-3-4-6-12(10)22-13/h5-6,9H,3-4,7-8H2,1-2H3,(H3,16,17,18,20). The van der Waals surface area contributed by atoms with E-state index in [1.165, 1.54) is 0 Å². The highest BCUT2D eigenvalue weighted by Gasteiger charge is 2.07. The quantitative estimate of drug-likeness (QED) is 0.810. The van der Waals surface area contributed by atoms with E-state index >= 15 is 0 Å². The molecule has 0 fully saturated rings. The van der Waals surface area contributed by atoms with Gasteiger partial charge in [0, 0.05) is 27.1 Å². The summed E-state index contributed by atoms with van der Waals surface area (Å²) in [5, 5.41) is 4.09.